The smallest absolute Gasteiger partial charge is 0.159 e. The SMILES string of the molecule is C/C=C\C.C=CN=C.CC.c1ccc(-c2ncc(-n3c4ccccc4c4cc5cc6c(ccn6-c6ccccc6)cc5cc43)cn2)cc1. The molecule has 5 heteroatoms. The molecule has 8 rings (SSSR count). The summed E-state index contributed by atoms with van der Waals surface area (Å²) < 4.78 is 4.53. The van der Waals surface area contributed by atoms with Crippen molar-refractivity contribution in [3.05, 3.63) is 159 Å². The predicted octanol–water partition coefficient (Wildman–Crippen LogP) is 11.8. The first kappa shape index (κ1) is 33.3. The number of para-hydroxylation sites is 2. The molecule has 5 nitrogen and oxygen atoms in total. The number of aromatic nitrogens is 4. The number of benzene rings is 5. The second kappa shape index (κ2) is 16.0. The highest BCUT2D eigenvalue weighted by atomic mass is 15.0. The van der Waals surface area contributed by atoms with Crippen molar-refractivity contribution in [3.63, 3.8) is 0 Å². The third-order valence-corrected chi connectivity index (χ3v) is 7.86. The molecule has 0 spiro atoms. The van der Waals surface area contributed by atoms with E-state index in [9.17, 15) is 0 Å². The maximum Gasteiger partial charge on any atom is 0.159 e. The van der Waals surface area contributed by atoms with Crippen molar-refractivity contribution in [3.8, 4) is 22.8 Å². The third-order valence-electron chi connectivity index (χ3n) is 7.86. The molecular formula is C43H41N5. The van der Waals surface area contributed by atoms with Gasteiger partial charge in [-0.05, 0) is 79.9 Å². The van der Waals surface area contributed by atoms with Gasteiger partial charge in [-0.2, -0.15) is 0 Å². The van der Waals surface area contributed by atoms with Crippen LogP contribution in [0.25, 0.3) is 66.2 Å². The van der Waals surface area contributed by atoms with Crippen molar-refractivity contribution in [2.24, 2.45) is 4.99 Å². The summed E-state index contributed by atoms with van der Waals surface area (Å²) in [6.07, 6.45) is 11.4. The first-order valence-corrected chi connectivity index (χ1v) is 16.2. The summed E-state index contributed by atoms with van der Waals surface area (Å²) in [6.45, 7) is 14.4. The average molecular weight is 628 g/mol. The highest BCUT2D eigenvalue weighted by molar-refractivity contribution is 6.15. The van der Waals surface area contributed by atoms with Gasteiger partial charge in [-0.1, -0.05) is 99.3 Å². The van der Waals surface area contributed by atoms with Crippen molar-refractivity contribution in [2.45, 2.75) is 27.7 Å². The molecule has 3 aromatic heterocycles. The third kappa shape index (κ3) is 6.86. The molecule has 0 aliphatic carbocycles. The van der Waals surface area contributed by atoms with E-state index in [-0.39, 0.29) is 0 Å². The van der Waals surface area contributed by atoms with E-state index in [4.69, 9.17) is 9.97 Å². The highest BCUT2D eigenvalue weighted by Crippen LogP contribution is 2.36. The Kier molecular flexibility index (Phi) is 11.1. The minimum absolute atomic E-state index is 0.728. The van der Waals surface area contributed by atoms with E-state index in [2.05, 4.69) is 119 Å². The number of fused-ring (bicyclic) bond motifs is 5. The summed E-state index contributed by atoms with van der Waals surface area (Å²) in [5.41, 5.74) is 6.63. The van der Waals surface area contributed by atoms with E-state index in [1.807, 2.05) is 82.6 Å². The maximum absolute atomic E-state index is 4.72. The molecule has 0 amide bonds. The molecule has 0 atom stereocenters. The van der Waals surface area contributed by atoms with Crippen LogP contribution in [0, 0.1) is 0 Å². The maximum atomic E-state index is 4.72. The number of hydrogen-bond donors (Lipinski definition) is 0. The minimum atomic E-state index is 0.728. The Morgan fingerprint density at radius 2 is 1.19 bits per heavy atom. The molecule has 8 aromatic rings. The van der Waals surface area contributed by atoms with Crippen LogP contribution in [0.2, 0.25) is 0 Å². The zero-order chi connectivity index (χ0) is 33.9. The Hall–Kier alpha value is -6.07. The lowest BCUT2D eigenvalue weighted by Gasteiger charge is -2.09. The van der Waals surface area contributed by atoms with Gasteiger partial charge in [0.2, 0.25) is 0 Å². The minimum Gasteiger partial charge on any atom is -0.317 e. The second-order valence-corrected chi connectivity index (χ2v) is 10.7. The van der Waals surface area contributed by atoms with Crippen LogP contribution < -0.4 is 0 Å². The van der Waals surface area contributed by atoms with Crippen LogP contribution in [0.4, 0.5) is 0 Å². The molecule has 0 unspecified atom stereocenters. The van der Waals surface area contributed by atoms with E-state index in [0.29, 0.717) is 0 Å². The van der Waals surface area contributed by atoms with E-state index >= 15 is 0 Å². The molecule has 0 bridgehead atoms. The topological polar surface area (TPSA) is 48.0 Å². The molecule has 0 N–H and O–H groups in total. The Labute approximate surface area is 282 Å². The molecule has 0 saturated heterocycles. The number of nitrogens with zero attached hydrogens (tertiary/aromatic N) is 5. The Morgan fingerprint density at radius 1 is 0.604 bits per heavy atom. The van der Waals surface area contributed by atoms with Crippen LogP contribution in [0.3, 0.4) is 0 Å². The fraction of sp³-hybridized carbons (Fsp3) is 0.0930. The summed E-state index contributed by atoms with van der Waals surface area (Å²) in [4.78, 5) is 12.7. The molecule has 5 aromatic carbocycles. The molecule has 0 aliphatic rings. The van der Waals surface area contributed by atoms with Gasteiger partial charge in [0.1, 0.15) is 0 Å². The van der Waals surface area contributed by atoms with Gasteiger partial charge in [-0.25, -0.2) is 9.97 Å². The van der Waals surface area contributed by atoms with Gasteiger partial charge in [0.25, 0.3) is 0 Å². The lowest BCUT2D eigenvalue weighted by atomic mass is 10.0. The van der Waals surface area contributed by atoms with Crippen LogP contribution in [0.1, 0.15) is 27.7 Å². The van der Waals surface area contributed by atoms with Crippen molar-refractivity contribution >= 4 is 50.2 Å². The first-order chi connectivity index (χ1) is 23.7. The highest BCUT2D eigenvalue weighted by Gasteiger charge is 2.15. The summed E-state index contributed by atoms with van der Waals surface area (Å²) in [7, 11) is 0. The number of aliphatic imine (C=N–C) groups is 1. The fourth-order valence-corrected chi connectivity index (χ4v) is 5.61. The Bertz CT molecular complexity index is 2280. The molecule has 48 heavy (non-hydrogen) atoms. The predicted molar refractivity (Wildman–Crippen MR) is 208 cm³/mol. The Morgan fingerprint density at radius 3 is 1.83 bits per heavy atom. The van der Waals surface area contributed by atoms with Gasteiger partial charge < -0.3 is 9.13 Å². The van der Waals surface area contributed by atoms with Crippen LogP contribution in [-0.2, 0) is 0 Å². The second-order valence-electron chi connectivity index (χ2n) is 10.7. The van der Waals surface area contributed by atoms with Gasteiger partial charge in [0.05, 0.1) is 34.6 Å². The van der Waals surface area contributed by atoms with E-state index in [0.717, 1.165) is 28.1 Å². The zero-order valence-corrected chi connectivity index (χ0v) is 28.1. The summed E-state index contributed by atoms with van der Waals surface area (Å²) in [6, 6.07) is 40.6. The van der Waals surface area contributed by atoms with Gasteiger partial charge in [-0.3, -0.25) is 4.99 Å². The average Bonchev–Trinajstić information content (AvgIpc) is 3.73. The monoisotopic (exact) mass is 627 g/mol. The summed E-state index contributed by atoms with van der Waals surface area (Å²) in [5, 5.41) is 6.09. The molecular weight excluding hydrogens is 587 g/mol. The number of rotatable bonds is 4. The van der Waals surface area contributed by atoms with Gasteiger partial charge in [0, 0.05) is 39.8 Å². The number of hydrogen-bond acceptors (Lipinski definition) is 3. The van der Waals surface area contributed by atoms with Crippen LogP contribution in [-0.4, -0.2) is 25.8 Å². The number of allylic oxidation sites excluding steroid dienone is 2. The largest absolute Gasteiger partial charge is 0.317 e. The zero-order valence-electron chi connectivity index (χ0n) is 28.1. The van der Waals surface area contributed by atoms with E-state index in [1.165, 1.54) is 44.3 Å². The molecule has 0 fully saturated rings. The van der Waals surface area contributed by atoms with Gasteiger partial charge in [-0.15, -0.1) is 0 Å². The lowest BCUT2D eigenvalue weighted by Crippen LogP contribution is -1.97. The molecule has 238 valence electrons. The van der Waals surface area contributed by atoms with Gasteiger partial charge in [0.15, 0.2) is 5.82 Å². The molecule has 3 heterocycles. The van der Waals surface area contributed by atoms with E-state index in [1.54, 1.807) is 0 Å². The quantitative estimate of drug-likeness (QED) is 0.144. The summed E-state index contributed by atoms with van der Waals surface area (Å²) >= 11 is 0. The van der Waals surface area contributed by atoms with Crippen molar-refractivity contribution in [2.75, 3.05) is 0 Å². The Balaban J connectivity index is 0.000000404. The standard InChI is InChI=1S/C34H22N4.C4H8.C3H5N.C2H6/c1-3-9-23(10-4-1)34-35-21-28(22-36-34)38-31-14-8-7-13-29(31)30-18-26-19-32-24(17-25(26)20-33(30)38)15-16-37(32)27-11-5-2-6-12-27;2*1-3-4-2;1-2/h1-22H;3-4H,1-2H3;3H,1-2H2;1-2H3/b;4-3-;;. The van der Waals surface area contributed by atoms with Crippen molar-refractivity contribution in [1.82, 2.24) is 19.1 Å². The molecule has 0 aliphatic heterocycles. The van der Waals surface area contributed by atoms with E-state index < -0.39 is 0 Å². The van der Waals surface area contributed by atoms with Crippen LogP contribution >= 0.6 is 0 Å². The van der Waals surface area contributed by atoms with Crippen molar-refractivity contribution in [1.29, 1.82) is 0 Å². The molecule has 0 saturated carbocycles. The normalized spacial score (nSPS) is 10.6. The van der Waals surface area contributed by atoms with Crippen LogP contribution in [0.15, 0.2) is 164 Å². The first-order valence-electron chi connectivity index (χ1n) is 16.2. The lowest BCUT2D eigenvalue weighted by molar-refractivity contribution is 1.08. The van der Waals surface area contributed by atoms with Crippen molar-refractivity contribution < 1.29 is 0 Å². The van der Waals surface area contributed by atoms with Crippen LogP contribution in [0.5, 0.6) is 0 Å². The molecule has 0 radical (unpaired) electrons. The fourth-order valence-electron chi connectivity index (χ4n) is 5.61. The van der Waals surface area contributed by atoms with Gasteiger partial charge >= 0.3 is 0 Å². The summed E-state index contributed by atoms with van der Waals surface area (Å²) in [5.74, 6) is 0.728.